The predicted octanol–water partition coefficient (Wildman–Crippen LogP) is 6.36. The Balaban J connectivity index is 1.62. The largest absolute Gasteiger partial charge is 0.377 e. The lowest BCUT2D eigenvalue weighted by Gasteiger charge is -2.27. The SMILES string of the molecule is CN(C)c1ccc(NC(=O)c2ccccc2Cl)cc1CN(CC1CC1)C(=O)c1ccccc1Cl. The first kappa shape index (κ1) is 24.1. The van der Waals surface area contributed by atoms with E-state index in [9.17, 15) is 9.59 Å². The highest BCUT2D eigenvalue weighted by Crippen LogP contribution is 2.33. The molecule has 34 heavy (non-hydrogen) atoms. The fourth-order valence-electron chi connectivity index (χ4n) is 3.91. The van der Waals surface area contributed by atoms with E-state index in [1.165, 1.54) is 0 Å². The van der Waals surface area contributed by atoms with Crippen molar-refractivity contribution in [1.29, 1.82) is 0 Å². The second-order valence-electron chi connectivity index (χ2n) is 8.78. The van der Waals surface area contributed by atoms with Crippen LogP contribution in [0.25, 0.3) is 0 Å². The Morgan fingerprint density at radius 2 is 1.53 bits per heavy atom. The normalized spacial score (nSPS) is 12.8. The number of nitrogens with one attached hydrogen (secondary N) is 1. The van der Waals surface area contributed by atoms with Crippen LogP contribution in [0.3, 0.4) is 0 Å². The molecule has 0 radical (unpaired) electrons. The van der Waals surface area contributed by atoms with Crippen molar-refractivity contribution < 1.29 is 9.59 Å². The zero-order valence-corrected chi connectivity index (χ0v) is 20.7. The molecule has 0 spiro atoms. The summed E-state index contributed by atoms with van der Waals surface area (Å²) in [4.78, 5) is 30.1. The van der Waals surface area contributed by atoms with E-state index in [0.29, 0.717) is 45.9 Å². The number of halogens is 2. The van der Waals surface area contributed by atoms with Crippen molar-refractivity contribution in [3.8, 4) is 0 Å². The quantitative estimate of drug-likeness (QED) is 0.395. The number of anilines is 2. The van der Waals surface area contributed by atoms with Crippen LogP contribution in [-0.4, -0.2) is 37.4 Å². The van der Waals surface area contributed by atoms with Gasteiger partial charge in [0.2, 0.25) is 0 Å². The number of carbonyl (C=O) groups excluding carboxylic acids is 2. The lowest BCUT2D eigenvalue weighted by Crippen LogP contribution is -2.33. The van der Waals surface area contributed by atoms with Crippen LogP contribution in [0.15, 0.2) is 66.7 Å². The molecule has 1 aliphatic rings. The Hall–Kier alpha value is -3.02. The van der Waals surface area contributed by atoms with Gasteiger partial charge in [0.25, 0.3) is 11.8 Å². The number of hydrogen-bond acceptors (Lipinski definition) is 3. The van der Waals surface area contributed by atoms with Crippen LogP contribution in [0.5, 0.6) is 0 Å². The Morgan fingerprint density at radius 3 is 2.12 bits per heavy atom. The highest BCUT2D eigenvalue weighted by molar-refractivity contribution is 6.34. The summed E-state index contributed by atoms with van der Waals surface area (Å²) in [5.74, 6) is 0.140. The zero-order valence-electron chi connectivity index (χ0n) is 19.2. The molecule has 1 saturated carbocycles. The standard InChI is InChI=1S/C27H27Cl2N3O2/c1-31(2)25-14-13-20(30-26(33)21-7-3-5-9-23(21)28)15-19(25)17-32(16-18-11-12-18)27(34)22-8-4-6-10-24(22)29/h3-10,13-15,18H,11-12,16-17H2,1-2H3,(H,30,33). The summed E-state index contributed by atoms with van der Waals surface area (Å²) >= 11 is 12.5. The highest BCUT2D eigenvalue weighted by atomic mass is 35.5. The van der Waals surface area contributed by atoms with Gasteiger partial charge in [-0.15, -0.1) is 0 Å². The van der Waals surface area contributed by atoms with Gasteiger partial charge in [0.15, 0.2) is 0 Å². The number of benzene rings is 3. The first-order valence-corrected chi connectivity index (χ1v) is 12.0. The topological polar surface area (TPSA) is 52.7 Å². The van der Waals surface area contributed by atoms with Crippen LogP contribution in [0.4, 0.5) is 11.4 Å². The molecule has 0 aromatic heterocycles. The Morgan fingerprint density at radius 1 is 0.912 bits per heavy atom. The highest BCUT2D eigenvalue weighted by Gasteiger charge is 2.29. The summed E-state index contributed by atoms with van der Waals surface area (Å²) < 4.78 is 0. The van der Waals surface area contributed by atoms with Gasteiger partial charge in [0.05, 0.1) is 21.2 Å². The van der Waals surface area contributed by atoms with Gasteiger partial charge in [-0.25, -0.2) is 0 Å². The molecule has 0 saturated heterocycles. The second-order valence-corrected chi connectivity index (χ2v) is 9.60. The maximum Gasteiger partial charge on any atom is 0.257 e. The van der Waals surface area contributed by atoms with Crippen LogP contribution in [-0.2, 0) is 6.54 Å². The second kappa shape index (κ2) is 10.5. The maximum atomic E-state index is 13.4. The van der Waals surface area contributed by atoms with E-state index in [4.69, 9.17) is 23.2 Å². The summed E-state index contributed by atoms with van der Waals surface area (Å²) in [6.07, 6.45) is 2.25. The van der Waals surface area contributed by atoms with Gasteiger partial charge in [-0.2, -0.15) is 0 Å². The van der Waals surface area contributed by atoms with Gasteiger partial charge in [-0.3, -0.25) is 9.59 Å². The number of amides is 2. The molecule has 5 nitrogen and oxygen atoms in total. The van der Waals surface area contributed by atoms with Gasteiger partial charge >= 0.3 is 0 Å². The molecule has 2 amide bonds. The van der Waals surface area contributed by atoms with Crippen molar-refractivity contribution in [2.45, 2.75) is 19.4 Å². The number of rotatable bonds is 8. The summed E-state index contributed by atoms with van der Waals surface area (Å²) in [7, 11) is 3.92. The molecular weight excluding hydrogens is 469 g/mol. The molecule has 3 aromatic carbocycles. The fourth-order valence-corrected chi connectivity index (χ4v) is 4.35. The van der Waals surface area contributed by atoms with E-state index in [2.05, 4.69) is 5.32 Å². The minimum atomic E-state index is -0.281. The summed E-state index contributed by atoms with van der Waals surface area (Å²) in [6.45, 7) is 1.08. The molecule has 176 valence electrons. The van der Waals surface area contributed by atoms with E-state index in [-0.39, 0.29) is 11.8 Å². The van der Waals surface area contributed by atoms with E-state index in [1.54, 1.807) is 36.4 Å². The molecular formula is C27H27Cl2N3O2. The van der Waals surface area contributed by atoms with Crippen molar-refractivity contribution in [2.24, 2.45) is 5.92 Å². The molecule has 3 aromatic rings. The van der Waals surface area contributed by atoms with Gasteiger partial charge in [-0.1, -0.05) is 47.5 Å². The predicted molar refractivity (Wildman–Crippen MR) is 139 cm³/mol. The first-order chi connectivity index (χ1) is 16.3. The third kappa shape index (κ3) is 5.72. The van der Waals surface area contributed by atoms with Crippen LogP contribution in [0.2, 0.25) is 10.0 Å². The zero-order chi connectivity index (χ0) is 24.2. The van der Waals surface area contributed by atoms with Crippen LogP contribution < -0.4 is 10.2 Å². The number of hydrogen-bond donors (Lipinski definition) is 1. The summed E-state index contributed by atoms with van der Waals surface area (Å²) in [5, 5.41) is 3.78. The number of carbonyl (C=O) groups is 2. The third-order valence-electron chi connectivity index (χ3n) is 5.87. The van der Waals surface area contributed by atoms with Gasteiger partial charge in [-0.05, 0) is 66.8 Å². The minimum absolute atomic E-state index is 0.0901. The average Bonchev–Trinajstić information content (AvgIpc) is 3.63. The minimum Gasteiger partial charge on any atom is -0.377 e. The molecule has 1 N–H and O–H groups in total. The van der Waals surface area contributed by atoms with Crippen molar-refractivity contribution in [2.75, 3.05) is 30.9 Å². The molecule has 0 bridgehead atoms. The van der Waals surface area contributed by atoms with E-state index in [1.807, 2.05) is 54.2 Å². The molecule has 1 fully saturated rings. The summed E-state index contributed by atoms with van der Waals surface area (Å²) in [6, 6.07) is 19.8. The Kier molecular flexibility index (Phi) is 7.44. The molecule has 1 aliphatic carbocycles. The molecule has 0 aliphatic heterocycles. The van der Waals surface area contributed by atoms with Gasteiger partial charge in [0, 0.05) is 38.6 Å². The molecule has 0 heterocycles. The lowest BCUT2D eigenvalue weighted by molar-refractivity contribution is 0.0735. The average molecular weight is 496 g/mol. The summed E-state index contributed by atoms with van der Waals surface area (Å²) in [5.41, 5.74) is 3.46. The van der Waals surface area contributed by atoms with Crippen molar-refractivity contribution >= 4 is 46.4 Å². The third-order valence-corrected chi connectivity index (χ3v) is 6.53. The number of nitrogens with zero attached hydrogens (tertiary/aromatic N) is 2. The van der Waals surface area contributed by atoms with Crippen molar-refractivity contribution in [3.05, 3.63) is 93.5 Å². The van der Waals surface area contributed by atoms with Crippen LogP contribution in [0, 0.1) is 5.92 Å². The molecule has 4 rings (SSSR count). The van der Waals surface area contributed by atoms with Gasteiger partial charge in [0.1, 0.15) is 0 Å². The van der Waals surface area contributed by atoms with E-state index in [0.717, 1.165) is 24.1 Å². The van der Waals surface area contributed by atoms with E-state index >= 15 is 0 Å². The fraction of sp³-hybridized carbons (Fsp3) is 0.259. The Bertz CT molecular complexity index is 1210. The van der Waals surface area contributed by atoms with Crippen molar-refractivity contribution in [1.82, 2.24) is 4.90 Å². The molecule has 0 atom stereocenters. The molecule has 0 unspecified atom stereocenters. The van der Waals surface area contributed by atoms with Crippen LogP contribution in [0.1, 0.15) is 39.1 Å². The lowest BCUT2D eigenvalue weighted by atomic mass is 10.1. The van der Waals surface area contributed by atoms with Crippen LogP contribution >= 0.6 is 23.2 Å². The maximum absolute atomic E-state index is 13.4. The van der Waals surface area contributed by atoms with E-state index < -0.39 is 0 Å². The van der Waals surface area contributed by atoms with Crippen molar-refractivity contribution in [3.63, 3.8) is 0 Å². The Labute approximate surface area is 210 Å². The smallest absolute Gasteiger partial charge is 0.257 e. The molecule has 7 heteroatoms. The first-order valence-electron chi connectivity index (χ1n) is 11.2. The monoisotopic (exact) mass is 495 g/mol. The van der Waals surface area contributed by atoms with Gasteiger partial charge < -0.3 is 15.1 Å².